The third kappa shape index (κ3) is 5.16. The van der Waals surface area contributed by atoms with Crippen molar-refractivity contribution in [2.45, 2.75) is 26.0 Å². The smallest absolute Gasteiger partial charge is 0.228 e. The molecule has 0 aliphatic carbocycles. The van der Waals surface area contributed by atoms with Crippen LogP contribution in [0.15, 0.2) is 65.1 Å². The molecule has 31 heavy (non-hydrogen) atoms. The minimum atomic E-state index is -0.0986. The average molecular weight is 421 g/mol. The monoisotopic (exact) mass is 420 g/mol. The predicted molar refractivity (Wildman–Crippen MR) is 120 cm³/mol. The Bertz CT molecular complexity index is 1010. The third-order valence-corrected chi connectivity index (χ3v) is 5.71. The molecular formula is C25H28N2O4. The molecule has 2 aromatic carbocycles. The van der Waals surface area contributed by atoms with Gasteiger partial charge >= 0.3 is 0 Å². The molecule has 0 radical (unpaired) electrons. The zero-order valence-corrected chi connectivity index (χ0v) is 17.7. The standard InChI is InChI=1S/C25H28N2O4/c1-30-20-10-8-18(9-11-20)23-6-2-3-7-24(23)26-25(29)19-5-4-14-27(15-19)16-21-12-13-22(17-28)31-21/h2-3,6-13,19,28H,4-5,14-17H2,1H3,(H,26,29). The van der Waals surface area contributed by atoms with Crippen LogP contribution in [0.1, 0.15) is 24.4 Å². The van der Waals surface area contributed by atoms with Crippen molar-refractivity contribution < 1.29 is 19.1 Å². The van der Waals surface area contributed by atoms with Gasteiger partial charge in [0.25, 0.3) is 0 Å². The van der Waals surface area contributed by atoms with Crippen molar-refractivity contribution in [1.82, 2.24) is 4.90 Å². The summed E-state index contributed by atoms with van der Waals surface area (Å²) in [5.41, 5.74) is 2.83. The van der Waals surface area contributed by atoms with E-state index in [1.165, 1.54) is 0 Å². The van der Waals surface area contributed by atoms with Gasteiger partial charge in [-0.1, -0.05) is 30.3 Å². The second kappa shape index (κ2) is 9.81. The molecule has 0 bridgehead atoms. The number of rotatable bonds is 7. The number of aliphatic hydroxyl groups excluding tert-OH is 1. The summed E-state index contributed by atoms with van der Waals surface area (Å²) in [5, 5.41) is 12.3. The SMILES string of the molecule is COc1ccc(-c2ccccc2NC(=O)C2CCCN(Cc3ccc(CO)o3)C2)cc1. The molecule has 1 amide bonds. The number of para-hydroxylation sites is 1. The third-order valence-electron chi connectivity index (χ3n) is 5.71. The molecule has 0 spiro atoms. The van der Waals surface area contributed by atoms with E-state index in [1.54, 1.807) is 13.2 Å². The summed E-state index contributed by atoms with van der Waals surface area (Å²) in [6.07, 6.45) is 1.83. The number of anilines is 1. The Morgan fingerprint density at radius 1 is 1.13 bits per heavy atom. The van der Waals surface area contributed by atoms with Crippen molar-refractivity contribution in [2.24, 2.45) is 5.92 Å². The molecule has 6 nitrogen and oxygen atoms in total. The lowest BCUT2D eigenvalue weighted by atomic mass is 9.96. The van der Waals surface area contributed by atoms with E-state index in [2.05, 4.69) is 10.2 Å². The van der Waals surface area contributed by atoms with E-state index in [9.17, 15) is 9.90 Å². The number of hydrogen-bond acceptors (Lipinski definition) is 5. The van der Waals surface area contributed by atoms with Gasteiger partial charge in [-0.25, -0.2) is 0 Å². The molecular weight excluding hydrogens is 392 g/mol. The molecule has 3 aromatic rings. The summed E-state index contributed by atoms with van der Waals surface area (Å²) in [6, 6.07) is 19.4. The number of benzene rings is 2. The molecule has 1 saturated heterocycles. The number of piperidine rings is 1. The van der Waals surface area contributed by atoms with Crippen LogP contribution < -0.4 is 10.1 Å². The van der Waals surface area contributed by atoms with Crippen molar-refractivity contribution in [3.05, 3.63) is 72.2 Å². The van der Waals surface area contributed by atoms with Gasteiger partial charge in [-0.05, 0) is 55.3 Å². The number of hydrogen-bond donors (Lipinski definition) is 2. The summed E-state index contributed by atoms with van der Waals surface area (Å²) < 4.78 is 10.9. The molecule has 1 aromatic heterocycles. The van der Waals surface area contributed by atoms with Crippen LogP contribution in [0.3, 0.4) is 0 Å². The Hall–Kier alpha value is -3.09. The fourth-order valence-corrected chi connectivity index (χ4v) is 4.08. The number of nitrogens with one attached hydrogen (secondary N) is 1. The lowest BCUT2D eigenvalue weighted by molar-refractivity contribution is -0.121. The largest absolute Gasteiger partial charge is 0.497 e. The number of carbonyl (C=O) groups excluding carboxylic acids is 1. The van der Waals surface area contributed by atoms with E-state index < -0.39 is 0 Å². The molecule has 2 N–H and O–H groups in total. The first-order chi connectivity index (χ1) is 15.2. The van der Waals surface area contributed by atoms with Gasteiger partial charge in [-0.15, -0.1) is 0 Å². The highest BCUT2D eigenvalue weighted by Crippen LogP contribution is 2.30. The summed E-state index contributed by atoms with van der Waals surface area (Å²) in [7, 11) is 1.65. The van der Waals surface area contributed by atoms with Crippen molar-refractivity contribution in [1.29, 1.82) is 0 Å². The highest BCUT2D eigenvalue weighted by atomic mass is 16.5. The molecule has 0 saturated carbocycles. The zero-order chi connectivity index (χ0) is 21.6. The first-order valence-electron chi connectivity index (χ1n) is 10.6. The van der Waals surface area contributed by atoms with Crippen molar-refractivity contribution in [3.8, 4) is 16.9 Å². The number of carbonyl (C=O) groups is 1. The van der Waals surface area contributed by atoms with Crippen LogP contribution in [0.2, 0.25) is 0 Å². The van der Waals surface area contributed by atoms with Crippen LogP contribution in [0.4, 0.5) is 5.69 Å². The van der Waals surface area contributed by atoms with Crippen molar-refractivity contribution >= 4 is 11.6 Å². The van der Waals surface area contributed by atoms with Crippen LogP contribution in [-0.2, 0) is 17.9 Å². The van der Waals surface area contributed by atoms with Crippen LogP contribution >= 0.6 is 0 Å². The minimum Gasteiger partial charge on any atom is -0.497 e. The topological polar surface area (TPSA) is 74.9 Å². The zero-order valence-electron chi connectivity index (χ0n) is 17.7. The summed E-state index contributed by atoms with van der Waals surface area (Å²) in [5.74, 6) is 2.15. The molecule has 1 aliphatic rings. The highest BCUT2D eigenvalue weighted by Gasteiger charge is 2.27. The van der Waals surface area contributed by atoms with Gasteiger partial charge in [0.1, 0.15) is 23.9 Å². The number of amides is 1. The average Bonchev–Trinajstić information content (AvgIpc) is 3.27. The fourth-order valence-electron chi connectivity index (χ4n) is 4.08. The number of furan rings is 1. The maximum absolute atomic E-state index is 13.1. The molecule has 1 atom stereocenters. The molecule has 2 heterocycles. The summed E-state index contributed by atoms with van der Waals surface area (Å²) >= 11 is 0. The number of aliphatic hydroxyl groups is 1. The van der Waals surface area contributed by atoms with Crippen LogP contribution in [0.5, 0.6) is 5.75 Å². The summed E-state index contributed by atoms with van der Waals surface area (Å²) in [6.45, 7) is 2.16. The van der Waals surface area contributed by atoms with Gasteiger partial charge < -0.3 is 19.6 Å². The van der Waals surface area contributed by atoms with Gasteiger partial charge in [0, 0.05) is 17.8 Å². The van der Waals surface area contributed by atoms with Crippen molar-refractivity contribution in [3.63, 3.8) is 0 Å². The maximum Gasteiger partial charge on any atom is 0.228 e. The number of ether oxygens (including phenoxy) is 1. The fraction of sp³-hybridized carbons (Fsp3) is 0.320. The van der Waals surface area contributed by atoms with Crippen LogP contribution in [-0.4, -0.2) is 36.1 Å². The van der Waals surface area contributed by atoms with Crippen LogP contribution in [0.25, 0.3) is 11.1 Å². The van der Waals surface area contributed by atoms with Crippen molar-refractivity contribution in [2.75, 3.05) is 25.5 Å². The van der Waals surface area contributed by atoms with E-state index in [0.717, 1.165) is 47.7 Å². The lowest BCUT2D eigenvalue weighted by Crippen LogP contribution is -2.40. The van der Waals surface area contributed by atoms with E-state index in [-0.39, 0.29) is 18.4 Å². The number of likely N-dealkylation sites (tertiary alicyclic amines) is 1. The first kappa shape index (κ1) is 21.2. The highest BCUT2D eigenvalue weighted by molar-refractivity contribution is 5.97. The second-order valence-corrected chi connectivity index (χ2v) is 7.86. The Balaban J connectivity index is 1.43. The molecule has 162 valence electrons. The molecule has 1 fully saturated rings. The molecule has 1 unspecified atom stereocenters. The Kier molecular flexibility index (Phi) is 6.70. The Labute approximate surface area is 182 Å². The van der Waals surface area contributed by atoms with E-state index in [1.807, 2.05) is 54.6 Å². The van der Waals surface area contributed by atoms with E-state index in [0.29, 0.717) is 18.8 Å². The second-order valence-electron chi connectivity index (χ2n) is 7.86. The van der Waals surface area contributed by atoms with Gasteiger partial charge in [-0.3, -0.25) is 9.69 Å². The quantitative estimate of drug-likeness (QED) is 0.596. The Morgan fingerprint density at radius 3 is 2.65 bits per heavy atom. The van der Waals surface area contributed by atoms with Crippen LogP contribution in [0, 0.1) is 5.92 Å². The number of nitrogens with zero attached hydrogens (tertiary/aromatic N) is 1. The first-order valence-corrected chi connectivity index (χ1v) is 10.6. The van der Waals surface area contributed by atoms with Gasteiger partial charge in [-0.2, -0.15) is 0 Å². The maximum atomic E-state index is 13.1. The minimum absolute atomic E-state index is 0.0427. The normalized spacial score (nSPS) is 16.8. The summed E-state index contributed by atoms with van der Waals surface area (Å²) in [4.78, 5) is 15.3. The van der Waals surface area contributed by atoms with E-state index in [4.69, 9.17) is 9.15 Å². The Morgan fingerprint density at radius 2 is 1.90 bits per heavy atom. The molecule has 6 heteroatoms. The number of methoxy groups -OCH3 is 1. The van der Waals surface area contributed by atoms with Gasteiger partial charge in [0.15, 0.2) is 0 Å². The van der Waals surface area contributed by atoms with E-state index >= 15 is 0 Å². The van der Waals surface area contributed by atoms with Gasteiger partial charge in [0.2, 0.25) is 5.91 Å². The predicted octanol–water partition coefficient (Wildman–Crippen LogP) is 4.30. The lowest BCUT2D eigenvalue weighted by Gasteiger charge is -2.31. The molecule has 4 rings (SSSR count). The molecule has 1 aliphatic heterocycles. The van der Waals surface area contributed by atoms with Gasteiger partial charge in [0.05, 0.1) is 19.6 Å².